The van der Waals surface area contributed by atoms with Gasteiger partial charge in [-0.3, -0.25) is 0 Å². The Morgan fingerprint density at radius 1 is 1.12 bits per heavy atom. The molecule has 2 unspecified atom stereocenters. The Morgan fingerprint density at radius 2 is 1.76 bits per heavy atom. The minimum absolute atomic E-state index is 0.698. The topological polar surface area (TPSA) is 3.24 Å². The van der Waals surface area contributed by atoms with Gasteiger partial charge in [-0.05, 0) is 44.8 Å². The quantitative estimate of drug-likeness (QED) is 0.651. The zero-order chi connectivity index (χ0) is 12.3. The molecule has 2 bridgehead atoms. The average molecular weight is 231 g/mol. The molecule has 0 N–H and O–H groups in total. The summed E-state index contributed by atoms with van der Waals surface area (Å²) >= 11 is 0. The molecule has 0 aromatic heterocycles. The zero-order valence-corrected chi connectivity index (χ0v) is 11.4. The highest BCUT2D eigenvalue weighted by atomic mass is 15.1. The van der Waals surface area contributed by atoms with Crippen LogP contribution in [0.3, 0.4) is 0 Å². The van der Waals surface area contributed by atoms with Crippen LogP contribution in [0.15, 0.2) is 35.5 Å². The minimum Gasteiger partial charge on any atom is -0.305 e. The Bertz CT molecular complexity index is 347. The zero-order valence-electron chi connectivity index (χ0n) is 11.4. The van der Waals surface area contributed by atoms with E-state index in [0.29, 0.717) is 5.92 Å². The molecule has 2 rings (SSSR count). The van der Waals surface area contributed by atoms with Crippen LogP contribution < -0.4 is 0 Å². The van der Waals surface area contributed by atoms with Gasteiger partial charge in [-0.15, -0.1) is 0 Å². The van der Waals surface area contributed by atoms with Crippen molar-refractivity contribution in [2.75, 3.05) is 20.6 Å². The number of likely N-dealkylation sites (N-methyl/N-ethyl adjacent to an activating group) is 1. The first-order valence-corrected chi connectivity index (χ1v) is 6.94. The van der Waals surface area contributed by atoms with Crippen molar-refractivity contribution in [2.45, 2.75) is 32.6 Å². The molecule has 0 radical (unpaired) electrons. The summed E-state index contributed by atoms with van der Waals surface area (Å²) in [6.45, 7) is 3.42. The van der Waals surface area contributed by atoms with E-state index in [4.69, 9.17) is 0 Å². The van der Waals surface area contributed by atoms with Crippen molar-refractivity contribution in [3.63, 3.8) is 0 Å². The number of allylic oxidation sites excluding steroid dienone is 5. The molecule has 0 saturated carbocycles. The molecular weight excluding hydrogens is 206 g/mol. The molecular formula is C16H25N. The van der Waals surface area contributed by atoms with E-state index in [0.717, 1.165) is 12.5 Å². The van der Waals surface area contributed by atoms with Crippen LogP contribution in [0.2, 0.25) is 0 Å². The molecule has 2 aliphatic carbocycles. The van der Waals surface area contributed by atoms with Gasteiger partial charge in [-0.1, -0.05) is 43.2 Å². The lowest BCUT2D eigenvalue weighted by Crippen LogP contribution is -2.18. The lowest BCUT2D eigenvalue weighted by Gasteiger charge is -2.18. The molecule has 0 fully saturated rings. The first-order chi connectivity index (χ1) is 8.22. The summed E-state index contributed by atoms with van der Waals surface area (Å²) in [5.74, 6) is 1.42. The van der Waals surface area contributed by atoms with E-state index >= 15 is 0 Å². The Kier molecular flexibility index (Phi) is 4.22. The monoisotopic (exact) mass is 231 g/mol. The molecule has 0 saturated heterocycles. The van der Waals surface area contributed by atoms with Crippen LogP contribution in [0.25, 0.3) is 0 Å². The normalized spacial score (nSPS) is 27.1. The van der Waals surface area contributed by atoms with Crippen molar-refractivity contribution in [3.8, 4) is 0 Å². The van der Waals surface area contributed by atoms with Crippen LogP contribution in [-0.2, 0) is 0 Å². The maximum atomic E-state index is 2.41. The fourth-order valence-corrected chi connectivity index (χ4v) is 3.09. The average Bonchev–Trinajstić information content (AvgIpc) is 2.49. The minimum atomic E-state index is 0.698. The highest BCUT2D eigenvalue weighted by molar-refractivity contribution is 5.36. The van der Waals surface area contributed by atoms with Crippen LogP contribution in [0.5, 0.6) is 0 Å². The van der Waals surface area contributed by atoms with Gasteiger partial charge in [0.2, 0.25) is 0 Å². The van der Waals surface area contributed by atoms with Crippen LogP contribution in [0.4, 0.5) is 0 Å². The second-order valence-electron chi connectivity index (χ2n) is 5.61. The van der Waals surface area contributed by atoms with E-state index in [9.17, 15) is 0 Å². The molecule has 0 aliphatic heterocycles. The maximum absolute atomic E-state index is 2.41. The van der Waals surface area contributed by atoms with E-state index in [-0.39, 0.29) is 0 Å². The summed E-state index contributed by atoms with van der Waals surface area (Å²) < 4.78 is 0. The highest BCUT2D eigenvalue weighted by Gasteiger charge is 2.30. The number of rotatable bonds is 5. The second-order valence-corrected chi connectivity index (χ2v) is 5.61. The third kappa shape index (κ3) is 2.90. The molecule has 0 spiro atoms. The first-order valence-electron chi connectivity index (χ1n) is 6.94. The lowest BCUT2D eigenvalue weighted by molar-refractivity contribution is 0.431. The number of unbranched alkanes of at least 4 members (excludes halogenated alkanes) is 1. The number of fused-ring (bicyclic) bond motifs is 2. The van der Waals surface area contributed by atoms with Gasteiger partial charge in [0.05, 0.1) is 0 Å². The van der Waals surface area contributed by atoms with Crippen molar-refractivity contribution >= 4 is 0 Å². The molecule has 0 amide bonds. The molecule has 2 aliphatic rings. The van der Waals surface area contributed by atoms with E-state index in [1.807, 2.05) is 0 Å². The smallest absolute Gasteiger partial charge is 0.0195 e. The van der Waals surface area contributed by atoms with Crippen molar-refractivity contribution in [3.05, 3.63) is 35.5 Å². The summed E-state index contributed by atoms with van der Waals surface area (Å²) in [6, 6.07) is 0. The number of nitrogens with zero attached hydrogens (tertiary/aromatic N) is 1. The number of hydrogen-bond donors (Lipinski definition) is 0. The third-order valence-corrected chi connectivity index (χ3v) is 3.90. The van der Waals surface area contributed by atoms with Crippen LogP contribution in [-0.4, -0.2) is 25.5 Å². The molecule has 0 aromatic carbocycles. The summed E-state index contributed by atoms with van der Waals surface area (Å²) in [6.07, 6.45) is 14.5. The van der Waals surface area contributed by atoms with Gasteiger partial charge in [0, 0.05) is 12.5 Å². The molecule has 1 nitrogen and oxygen atoms in total. The van der Waals surface area contributed by atoms with E-state index in [1.54, 1.807) is 11.1 Å². The Hall–Kier alpha value is -0.820. The Morgan fingerprint density at radius 3 is 2.35 bits per heavy atom. The van der Waals surface area contributed by atoms with Crippen LogP contribution >= 0.6 is 0 Å². The predicted molar refractivity (Wildman–Crippen MR) is 75.0 cm³/mol. The van der Waals surface area contributed by atoms with E-state index in [2.05, 4.69) is 50.2 Å². The van der Waals surface area contributed by atoms with Gasteiger partial charge in [0.1, 0.15) is 0 Å². The summed E-state index contributed by atoms with van der Waals surface area (Å²) in [5.41, 5.74) is 3.44. The van der Waals surface area contributed by atoms with Crippen LogP contribution in [0.1, 0.15) is 32.6 Å². The van der Waals surface area contributed by atoms with E-state index in [1.165, 1.54) is 25.7 Å². The van der Waals surface area contributed by atoms with Gasteiger partial charge in [-0.2, -0.15) is 0 Å². The van der Waals surface area contributed by atoms with Gasteiger partial charge in [0.15, 0.2) is 0 Å². The second kappa shape index (κ2) is 5.68. The molecule has 94 valence electrons. The number of hydrogen-bond acceptors (Lipinski definition) is 1. The SMILES string of the molecule is CCCCC1=C(CN(C)C)C2C=CC=CC1C2. The molecule has 2 atom stereocenters. The Labute approximate surface area is 106 Å². The molecule has 0 aromatic rings. The van der Waals surface area contributed by atoms with E-state index < -0.39 is 0 Å². The first kappa shape index (κ1) is 12.6. The molecule has 1 heteroatoms. The summed E-state index contributed by atoms with van der Waals surface area (Å²) in [5, 5.41) is 0. The van der Waals surface area contributed by atoms with Gasteiger partial charge < -0.3 is 4.90 Å². The van der Waals surface area contributed by atoms with Crippen molar-refractivity contribution < 1.29 is 0 Å². The highest BCUT2D eigenvalue weighted by Crippen LogP contribution is 2.42. The van der Waals surface area contributed by atoms with Gasteiger partial charge >= 0.3 is 0 Å². The van der Waals surface area contributed by atoms with Gasteiger partial charge in [0.25, 0.3) is 0 Å². The Balaban J connectivity index is 2.22. The predicted octanol–water partition coefficient (Wildman–Crippen LogP) is 3.80. The third-order valence-electron chi connectivity index (χ3n) is 3.90. The fraction of sp³-hybridized carbons (Fsp3) is 0.625. The van der Waals surface area contributed by atoms with Crippen molar-refractivity contribution in [1.82, 2.24) is 4.90 Å². The molecule has 0 heterocycles. The standard InChI is InChI=1S/C16H25N/c1-4-5-10-15-13-8-6-7-9-14(11-13)16(15)12-17(2)3/h6-9,13-14H,4-5,10-12H2,1-3H3. The fourth-order valence-electron chi connectivity index (χ4n) is 3.09. The summed E-state index contributed by atoms with van der Waals surface area (Å²) in [7, 11) is 4.36. The van der Waals surface area contributed by atoms with Gasteiger partial charge in [-0.25, -0.2) is 0 Å². The van der Waals surface area contributed by atoms with Crippen molar-refractivity contribution in [2.24, 2.45) is 11.8 Å². The van der Waals surface area contributed by atoms with Crippen LogP contribution in [0, 0.1) is 11.8 Å². The summed E-state index contributed by atoms with van der Waals surface area (Å²) in [4.78, 5) is 2.32. The maximum Gasteiger partial charge on any atom is 0.0195 e. The van der Waals surface area contributed by atoms with Crippen molar-refractivity contribution in [1.29, 1.82) is 0 Å². The lowest BCUT2D eigenvalue weighted by atomic mass is 9.94. The largest absolute Gasteiger partial charge is 0.305 e. The molecule has 17 heavy (non-hydrogen) atoms.